The number of carboxylic acid groups (broad SMARTS) is 1. The van der Waals surface area contributed by atoms with Gasteiger partial charge in [0.2, 0.25) is 0 Å². The van der Waals surface area contributed by atoms with E-state index in [4.69, 9.17) is 5.11 Å². The number of allylic oxidation sites excluding steroid dienone is 1. The molecule has 0 aliphatic carbocycles. The fourth-order valence-electron chi connectivity index (χ4n) is 1.50. The minimum absolute atomic E-state index is 0.296. The number of carbonyl (C=O) groups excluding carboxylic acids is 1. The van der Waals surface area contributed by atoms with Crippen LogP contribution in [0, 0.1) is 0 Å². The van der Waals surface area contributed by atoms with Gasteiger partial charge in [-0.05, 0) is 13.8 Å². The van der Waals surface area contributed by atoms with Crippen LogP contribution in [-0.4, -0.2) is 52.6 Å². The average molecular weight is 258 g/mol. The highest BCUT2D eigenvalue weighted by Crippen LogP contribution is 2.16. The third kappa shape index (κ3) is 4.30. The van der Waals surface area contributed by atoms with Crippen LogP contribution < -0.4 is 5.32 Å². The van der Waals surface area contributed by atoms with Crippen molar-refractivity contribution in [1.82, 2.24) is 10.2 Å². The molecule has 1 aliphatic rings. The van der Waals surface area contributed by atoms with Gasteiger partial charge in [0.15, 0.2) is 0 Å². The zero-order valence-corrected chi connectivity index (χ0v) is 10.9. The van der Waals surface area contributed by atoms with E-state index < -0.39 is 12.0 Å². The normalized spacial score (nSPS) is 19.6. The number of hydrogen-bond acceptors (Lipinski definition) is 3. The third-order valence-electron chi connectivity index (χ3n) is 2.44. The smallest absolute Gasteiger partial charge is 0.327 e. The fourth-order valence-corrected chi connectivity index (χ4v) is 2.53. The molecule has 0 aromatic heterocycles. The van der Waals surface area contributed by atoms with Crippen molar-refractivity contribution in [3.63, 3.8) is 0 Å². The highest BCUT2D eigenvalue weighted by molar-refractivity contribution is 7.99. The lowest BCUT2D eigenvalue weighted by Gasteiger charge is -2.32. The van der Waals surface area contributed by atoms with Crippen LogP contribution in [0.25, 0.3) is 0 Å². The van der Waals surface area contributed by atoms with Crippen molar-refractivity contribution in [3.05, 3.63) is 11.6 Å². The predicted octanol–water partition coefficient (Wildman–Crippen LogP) is 1.16. The number of carbonyl (C=O) groups is 2. The highest BCUT2D eigenvalue weighted by atomic mass is 32.2. The van der Waals surface area contributed by atoms with Crippen molar-refractivity contribution in [2.24, 2.45) is 0 Å². The SMILES string of the molecule is CC(C)=CCNC(=O)N1CCSCC1C(=O)O. The Morgan fingerprint density at radius 2 is 2.24 bits per heavy atom. The Balaban J connectivity index is 2.53. The van der Waals surface area contributed by atoms with Gasteiger partial charge in [0.25, 0.3) is 0 Å². The lowest BCUT2D eigenvalue weighted by molar-refractivity contribution is -0.141. The van der Waals surface area contributed by atoms with Crippen molar-refractivity contribution in [2.45, 2.75) is 19.9 Å². The molecule has 0 spiro atoms. The minimum Gasteiger partial charge on any atom is -0.480 e. The van der Waals surface area contributed by atoms with Crippen LogP contribution in [0.15, 0.2) is 11.6 Å². The Morgan fingerprint density at radius 1 is 1.53 bits per heavy atom. The Hall–Kier alpha value is -1.17. The number of nitrogens with one attached hydrogen (secondary N) is 1. The lowest BCUT2D eigenvalue weighted by Crippen LogP contribution is -2.53. The molecular weight excluding hydrogens is 240 g/mol. The van der Waals surface area contributed by atoms with Gasteiger partial charge >= 0.3 is 12.0 Å². The van der Waals surface area contributed by atoms with E-state index in [-0.39, 0.29) is 6.03 Å². The van der Waals surface area contributed by atoms with Gasteiger partial charge in [-0.15, -0.1) is 0 Å². The number of nitrogens with zero attached hydrogens (tertiary/aromatic N) is 1. The molecule has 2 N–H and O–H groups in total. The van der Waals surface area contributed by atoms with Gasteiger partial charge < -0.3 is 15.3 Å². The molecule has 1 saturated heterocycles. The Morgan fingerprint density at radius 3 is 2.82 bits per heavy atom. The second-order valence-corrected chi connectivity index (χ2v) is 5.24. The summed E-state index contributed by atoms with van der Waals surface area (Å²) in [7, 11) is 0. The first kappa shape index (κ1) is 13.9. The van der Waals surface area contributed by atoms with Crippen LogP contribution in [-0.2, 0) is 4.79 Å². The summed E-state index contributed by atoms with van der Waals surface area (Å²) < 4.78 is 0. The van der Waals surface area contributed by atoms with Gasteiger partial charge in [-0.3, -0.25) is 0 Å². The van der Waals surface area contributed by atoms with E-state index in [9.17, 15) is 9.59 Å². The zero-order valence-electron chi connectivity index (χ0n) is 10.1. The van der Waals surface area contributed by atoms with Crippen LogP contribution in [0.1, 0.15) is 13.8 Å². The van der Waals surface area contributed by atoms with Gasteiger partial charge in [0, 0.05) is 24.6 Å². The summed E-state index contributed by atoms with van der Waals surface area (Å²) >= 11 is 1.57. The molecule has 1 unspecified atom stereocenters. The highest BCUT2D eigenvalue weighted by Gasteiger charge is 2.31. The summed E-state index contributed by atoms with van der Waals surface area (Å²) in [6.07, 6.45) is 1.90. The van der Waals surface area contributed by atoms with Crippen molar-refractivity contribution < 1.29 is 14.7 Å². The van der Waals surface area contributed by atoms with Crippen molar-refractivity contribution >= 4 is 23.8 Å². The number of amides is 2. The third-order valence-corrected chi connectivity index (χ3v) is 3.46. The van der Waals surface area contributed by atoms with Crippen molar-refractivity contribution in [1.29, 1.82) is 0 Å². The van der Waals surface area contributed by atoms with Gasteiger partial charge in [-0.2, -0.15) is 11.8 Å². The fraction of sp³-hybridized carbons (Fsp3) is 0.636. The molecule has 1 atom stereocenters. The maximum Gasteiger partial charge on any atom is 0.327 e. The van der Waals surface area contributed by atoms with Crippen LogP contribution in [0.4, 0.5) is 4.79 Å². The number of urea groups is 1. The van der Waals surface area contributed by atoms with Crippen molar-refractivity contribution in [3.8, 4) is 0 Å². The number of thioether (sulfide) groups is 1. The molecule has 96 valence electrons. The summed E-state index contributed by atoms with van der Waals surface area (Å²) in [6, 6.07) is -1.00. The molecule has 0 aromatic carbocycles. The Bertz CT molecular complexity index is 327. The minimum atomic E-state index is -0.936. The summed E-state index contributed by atoms with van der Waals surface area (Å²) in [4.78, 5) is 24.2. The Kier molecular flexibility index (Phi) is 5.34. The number of aliphatic carboxylic acids is 1. The second kappa shape index (κ2) is 6.54. The molecule has 1 fully saturated rings. The first-order chi connectivity index (χ1) is 8.02. The van der Waals surface area contributed by atoms with Gasteiger partial charge in [-0.1, -0.05) is 11.6 Å². The first-order valence-corrected chi connectivity index (χ1v) is 6.66. The molecule has 17 heavy (non-hydrogen) atoms. The van der Waals surface area contributed by atoms with E-state index in [2.05, 4.69) is 5.32 Å². The molecule has 0 radical (unpaired) electrons. The second-order valence-electron chi connectivity index (χ2n) is 4.09. The quantitative estimate of drug-likeness (QED) is 0.745. The molecule has 1 rings (SSSR count). The zero-order chi connectivity index (χ0) is 12.8. The maximum absolute atomic E-state index is 11.8. The molecule has 0 saturated carbocycles. The molecular formula is C11H18N2O3S. The number of hydrogen-bond donors (Lipinski definition) is 2. The van der Waals surface area contributed by atoms with E-state index >= 15 is 0 Å². The molecule has 2 amide bonds. The standard InChI is InChI=1S/C11H18N2O3S/c1-8(2)3-4-12-11(16)13-5-6-17-7-9(13)10(14)15/h3,9H,4-7H2,1-2H3,(H,12,16)(H,14,15). The van der Waals surface area contributed by atoms with E-state index in [0.29, 0.717) is 18.8 Å². The summed E-state index contributed by atoms with van der Waals surface area (Å²) in [6.45, 7) is 4.83. The lowest BCUT2D eigenvalue weighted by atomic mass is 10.3. The number of carboxylic acids is 1. The van der Waals surface area contributed by atoms with Crippen LogP contribution in [0.3, 0.4) is 0 Å². The van der Waals surface area contributed by atoms with E-state index in [1.807, 2.05) is 19.9 Å². The molecule has 6 heteroatoms. The average Bonchev–Trinajstić information content (AvgIpc) is 2.28. The first-order valence-electron chi connectivity index (χ1n) is 5.50. The maximum atomic E-state index is 11.8. The topological polar surface area (TPSA) is 69.6 Å². The molecule has 0 aromatic rings. The molecule has 5 nitrogen and oxygen atoms in total. The van der Waals surface area contributed by atoms with Gasteiger partial charge in [-0.25, -0.2) is 9.59 Å². The van der Waals surface area contributed by atoms with Gasteiger partial charge in [0.1, 0.15) is 6.04 Å². The summed E-state index contributed by atoms with van der Waals surface area (Å²) in [5, 5.41) is 11.7. The van der Waals surface area contributed by atoms with Gasteiger partial charge in [0.05, 0.1) is 0 Å². The van der Waals surface area contributed by atoms with Crippen LogP contribution in [0.5, 0.6) is 0 Å². The predicted molar refractivity (Wildman–Crippen MR) is 68.3 cm³/mol. The van der Waals surface area contributed by atoms with Crippen molar-refractivity contribution in [2.75, 3.05) is 24.6 Å². The summed E-state index contributed by atoms with van der Waals surface area (Å²) in [5.41, 5.74) is 1.12. The van der Waals surface area contributed by atoms with E-state index in [1.54, 1.807) is 11.8 Å². The molecule has 0 bridgehead atoms. The van der Waals surface area contributed by atoms with E-state index in [0.717, 1.165) is 11.3 Å². The van der Waals surface area contributed by atoms with Crippen LogP contribution >= 0.6 is 11.8 Å². The number of rotatable bonds is 3. The van der Waals surface area contributed by atoms with Crippen LogP contribution in [0.2, 0.25) is 0 Å². The van der Waals surface area contributed by atoms with E-state index in [1.165, 1.54) is 4.90 Å². The monoisotopic (exact) mass is 258 g/mol. The largest absolute Gasteiger partial charge is 0.480 e. The summed E-state index contributed by atoms with van der Waals surface area (Å²) in [5.74, 6) is 0.320. The molecule has 1 heterocycles. The molecule has 1 aliphatic heterocycles. The Labute approximate surface area is 105 Å².